The Hall–Kier alpha value is -2.18. The van der Waals surface area contributed by atoms with E-state index < -0.39 is 16.4 Å². The summed E-state index contributed by atoms with van der Waals surface area (Å²) in [4.78, 5) is 32.7. The number of carbonyl (C=O) groups excluding carboxylic acids is 1. The molecule has 0 atom stereocenters. The molecule has 1 aromatic rings. The molecular formula is C10H13N3O4. The predicted molar refractivity (Wildman–Crippen MR) is 60.8 cm³/mol. The molecule has 7 nitrogen and oxygen atoms in total. The van der Waals surface area contributed by atoms with Crippen LogP contribution in [0.4, 0.5) is 5.69 Å². The Labute approximate surface area is 97.0 Å². The smallest absolute Gasteiger partial charge is 0.286 e. The topological polar surface area (TPSA) is 108 Å². The zero-order valence-corrected chi connectivity index (χ0v) is 9.38. The Morgan fingerprint density at radius 1 is 1.59 bits per heavy atom. The number of pyridine rings is 1. The Kier molecular flexibility index (Phi) is 3.97. The predicted octanol–water partition coefficient (Wildman–Crippen LogP) is 0.656. The van der Waals surface area contributed by atoms with E-state index >= 15 is 0 Å². The molecule has 0 bridgehead atoms. The number of primary amides is 1. The third kappa shape index (κ3) is 2.90. The van der Waals surface area contributed by atoms with Crippen molar-refractivity contribution in [1.82, 2.24) is 4.57 Å². The van der Waals surface area contributed by atoms with Crippen molar-refractivity contribution in [2.24, 2.45) is 5.73 Å². The van der Waals surface area contributed by atoms with Crippen LogP contribution in [0.3, 0.4) is 0 Å². The molecule has 92 valence electrons. The number of carbonyl (C=O) groups is 1. The minimum absolute atomic E-state index is 0.311. The largest absolute Gasteiger partial charge is 0.365 e. The van der Waals surface area contributed by atoms with Crippen LogP contribution in [-0.2, 0) is 6.54 Å². The number of rotatable bonds is 5. The monoisotopic (exact) mass is 239 g/mol. The average molecular weight is 239 g/mol. The minimum Gasteiger partial charge on any atom is -0.365 e. The normalized spacial score (nSPS) is 10.2. The van der Waals surface area contributed by atoms with Crippen molar-refractivity contribution >= 4 is 11.6 Å². The van der Waals surface area contributed by atoms with Gasteiger partial charge in [0.2, 0.25) is 0 Å². The molecule has 0 aromatic carbocycles. The van der Waals surface area contributed by atoms with E-state index in [0.717, 1.165) is 23.3 Å². The summed E-state index contributed by atoms with van der Waals surface area (Å²) in [5.74, 6) is -0.955. The highest BCUT2D eigenvalue weighted by Crippen LogP contribution is 2.10. The van der Waals surface area contributed by atoms with Gasteiger partial charge in [-0.3, -0.25) is 19.7 Å². The quantitative estimate of drug-likeness (QED) is 0.601. The van der Waals surface area contributed by atoms with Crippen LogP contribution in [0.15, 0.2) is 17.1 Å². The van der Waals surface area contributed by atoms with E-state index in [-0.39, 0.29) is 11.3 Å². The van der Waals surface area contributed by atoms with Crippen molar-refractivity contribution < 1.29 is 9.72 Å². The number of nitrogens with zero attached hydrogens (tertiary/aromatic N) is 2. The Bertz CT molecular complexity index is 507. The lowest BCUT2D eigenvalue weighted by molar-refractivity contribution is -0.385. The van der Waals surface area contributed by atoms with E-state index in [4.69, 9.17) is 5.73 Å². The number of aromatic nitrogens is 1. The Balaban J connectivity index is 3.33. The van der Waals surface area contributed by atoms with Gasteiger partial charge in [-0.2, -0.15) is 0 Å². The zero-order valence-electron chi connectivity index (χ0n) is 9.38. The van der Waals surface area contributed by atoms with Crippen LogP contribution < -0.4 is 11.3 Å². The maximum absolute atomic E-state index is 11.7. The second kappa shape index (κ2) is 5.24. The third-order valence-corrected chi connectivity index (χ3v) is 2.30. The summed E-state index contributed by atoms with van der Waals surface area (Å²) >= 11 is 0. The first-order valence-electron chi connectivity index (χ1n) is 5.16. The Morgan fingerprint density at radius 3 is 2.71 bits per heavy atom. The van der Waals surface area contributed by atoms with Gasteiger partial charge in [0.15, 0.2) is 0 Å². The highest BCUT2D eigenvalue weighted by atomic mass is 16.6. The van der Waals surface area contributed by atoms with Gasteiger partial charge >= 0.3 is 0 Å². The summed E-state index contributed by atoms with van der Waals surface area (Å²) in [6.45, 7) is 2.26. The molecule has 0 saturated heterocycles. The van der Waals surface area contributed by atoms with E-state index in [2.05, 4.69) is 0 Å². The maximum atomic E-state index is 11.7. The molecule has 2 N–H and O–H groups in total. The number of hydrogen-bond acceptors (Lipinski definition) is 4. The molecule has 0 aliphatic carbocycles. The van der Waals surface area contributed by atoms with Gasteiger partial charge in [-0.1, -0.05) is 13.3 Å². The molecule has 7 heteroatoms. The van der Waals surface area contributed by atoms with Gasteiger partial charge in [0.05, 0.1) is 11.1 Å². The van der Waals surface area contributed by atoms with Gasteiger partial charge in [0.25, 0.3) is 17.2 Å². The maximum Gasteiger partial charge on any atom is 0.286 e. The number of nitro groups is 1. The van der Waals surface area contributed by atoms with Crippen molar-refractivity contribution in [3.8, 4) is 0 Å². The fraction of sp³-hybridized carbons (Fsp3) is 0.400. The molecule has 0 fully saturated rings. The van der Waals surface area contributed by atoms with Crippen LogP contribution in [0.5, 0.6) is 0 Å². The molecule has 0 aliphatic rings. The summed E-state index contributed by atoms with van der Waals surface area (Å²) in [5.41, 5.74) is 3.76. The first-order valence-corrected chi connectivity index (χ1v) is 5.16. The molecule has 1 aromatic heterocycles. The molecular weight excluding hydrogens is 226 g/mol. The number of hydrogen-bond donors (Lipinski definition) is 1. The van der Waals surface area contributed by atoms with Crippen LogP contribution in [-0.4, -0.2) is 15.4 Å². The van der Waals surface area contributed by atoms with Crippen molar-refractivity contribution in [2.45, 2.75) is 26.3 Å². The van der Waals surface area contributed by atoms with Crippen LogP contribution in [0.2, 0.25) is 0 Å². The van der Waals surface area contributed by atoms with E-state index in [1.807, 2.05) is 6.92 Å². The van der Waals surface area contributed by atoms with Gasteiger partial charge in [0.1, 0.15) is 5.56 Å². The SMILES string of the molecule is CCCCn1cc([N+](=O)[O-])cc(C(N)=O)c1=O. The van der Waals surface area contributed by atoms with Crippen molar-refractivity contribution in [3.05, 3.63) is 38.3 Å². The minimum atomic E-state index is -0.955. The van der Waals surface area contributed by atoms with Gasteiger partial charge < -0.3 is 10.3 Å². The van der Waals surface area contributed by atoms with Gasteiger partial charge in [-0.25, -0.2) is 0 Å². The summed E-state index contributed by atoms with van der Waals surface area (Å²) in [6.07, 6.45) is 2.66. The average Bonchev–Trinajstić information content (AvgIpc) is 2.26. The van der Waals surface area contributed by atoms with Gasteiger partial charge in [-0.05, 0) is 6.42 Å². The van der Waals surface area contributed by atoms with Gasteiger partial charge in [0, 0.05) is 12.6 Å². The highest BCUT2D eigenvalue weighted by molar-refractivity contribution is 5.92. The summed E-state index contributed by atoms with van der Waals surface area (Å²) in [7, 11) is 0. The Morgan fingerprint density at radius 2 is 2.24 bits per heavy atom. The first-order chi connectivity index (χ1) is 7.97. The van der Waals surface area contributed by atoms with Gasteiger partial charge in [-0.15, -0.1) is 0 Å². The van der Waals surface area contributed by atoms with Crippen molar-refractivity contribution in [3.63, 3.8) is 0 Å². The van der Waals surface area contributed by atoms with E-state index in [1.54, 1.807) is 0 Å². The van der Waals surface area contributed by atoms with Crippen LogP contribution in [0.25, 0.3) is 0 Å². The first kappa shape index (κ1) is 12.9. The molecule has 1 amide bonds. The van der Waals surface area contributed by atoms with Crippen LogP contribution in [0, 0.1) is 10.1 Å². The molecule has 0 spiro atoms. The third-order valence-electron chi connectivity index (χ3n) is 2.30. The van der Waals surface area contributed by atoms with E-state index in [1.165, 1.54) is 0 Å². The summed E-state index contributed by atoms with van der Waals surface area (Å²) < 4.78 is 1.15. The molecule has 17 heavy (non-hydrogen) atoms. The van der Waals surface area contributed by atoms with Crippen LogP contribution >= 0.6 is 0 Å². The van der Waals surface area contributed by atoms with Crippen molar-refractivity contribution in [2.75, 3.05) is 0 Å². The molecule has 0 unspecified atom stereocenters. The fourth-order valence-electron chi connectivity index (χ4n) is 1.39. The zero-order chi connectivity index (χ0) is 13.0. The second-order valence-electron chi connectivity index (χ2n) is 3.59. The molecule has 1 rings (SSSR count). The lowest BCUT2D eigenvalue weighted by atomic mass is 10.2. The lowest BCUT2D eigenvalue weighted by Crippen LogP contribution is -2.29. The standard InChI is InChI=1S/C10H13N3O4/c1-2-3-4-12-6-7(13(16)17)5-8(9(11)14)10(12)15/h5-6H,2-4H2,1H3,(H2,11,14). The molecule has 0 aliphatic heterocycles. The summed E-state index contributed by atoms with van der Waals surface area (Å²) in [6, 6.07) is 0.910. The molecule has 1 heterocycles. The number of aryl methyl sites for hydroxylation is 1. The fourth-order valence-corrected chi connectivity index (χ4v) is 1.39. The highest BCUT2D eigenvalue weighted by Gasteiger charge is 2.16. The number of nitrogens with two attached hydrogens (primary N) is 1. The van der Waals surface area contributed by atoms with E-state index in [0.29, 0.717) is 13.0 Å². The summed E-state index contributed by atoms with van der Waals surface area (Å²) in [5, 5.41) is 10.7. The molecule has 0 radical (unpaired) electrons. The molecule has 0 saturated carbocycles. The number of unbranched alkanes of at least 4 members (excludes halogenated alkanes) is 1. The van der Waals surface area contributed by atoms with E-state index in [9.17, 15) is 19.7 Å². The second-order valence-corrected chi connectivity index (χ2v) is 3.59. The number of amides is 1. The van der Waals surface area contributed by atoms with Crippen LogP contribution in [0.1, 0.15) is 30.1 Å². The lowest BCUT2D eigenvalue weighted by Gasteiger charge is -2.05. The van der Waals surface area contributed by atoms with Crippen molar-refractivity contribution in [1.29, 1.82) is 0 Å².